The van der Waals surface area contributed by atoms with Crippen LogP contribution in [0.2, 0.25) is 0 Å². The number of aromatic amines is 1. The summed E-state index contributed by atoms with van der Waals surface area (Å²) >= 11 is 1.81. The summed E-state index contributed by atoms with van der Waals surface area (Å²) in [5.41, 5.74) is 1.71. The van der Waals surface area contributed by atoms with Crippen molar-refractivity contribution in [2.45, 2.75) is 50.0 Å². The second-order valence-electron chi connectivity index (χ2n) is 6.54. The van der Waals surface area contributed by atoms with Crippen LogP contribution in [0.15, 0.2) is 23.0 Å². The summed E-state index contributed by atoms with van der Waals surface area (Å²) in [6, 6.07) is 5.64. The lowest BCUT2D eigenvalue weighted by molar-refractivity contribution is -0.138. The lowest BCUT2D eigenvalue weighted by Crippen LogP contribution is -2.19. The zero-order valence-corrected chi connectivity index (χ0v) is 14.6. The summed E-state index contributed by atoms with van der Waals surface area (Å²) in [5, 5.41) is 10.0. The molecule has 0 saturated heterocycles. The zero-order valence-electron chi connectivity index (χ0n) is 13.7. The quantitative estimate of drug-likeness (QED) is 0.866. The fourth-order valence-corrected chi connectivity index (χ4v) is 4.50. The number of aliphatic carboxylic acids is 1. The molecule has 5 nitrogen and oxygen atoms in total. The number of H-pyrrole nitrogens is 1. The molecule has 1 aliphatic rings. The maximum absolute atomic E-state index is 12.2. The van der Waals surface area contributed by atoms with E-state index in [1.54, 1.807) is 6.07 Å². The number of rotatable bonds is 5. The van der Waals surface area contributed by atoms with Crippen molar-refractivity contribution in [2.75, 3.05) is 0 Å². The predicted octanol–water partition coefficient (Wildman–Crippen LogP) is 3.50. The summed E-state index contributed by atoms with van der Waals surface area (Å²) in [6.07, 6.45) is 4.32. The number of aryl methyl sites for hydroxylation is 1. The number of carbonyl (C=O) groups is 1. The molecule has 24 heavy (non-hydrogen) atoms. The highest BCUT2D eigenvalue weighted by Gasteiger charge is 2.23. The minimum atomic E-state index is -0.695. The van der Waals surface area contributed by atoms with Crippen LogP contribution < -0.4 is 5.56 Å². The van der Waals surface area contributed by atoms with Crippen molar-refractivity contribution in [2.24, 2.45) is 5.92 Å². The van der Waals surface area contributed by atoms with Crippen LogP contribution in [0, 0.1) is 12.8 Å². The smallest absolute Gasteiger partial charge is 0.303 e. The first kappa shape index (κ1) is 17.0. The summed E-state index contributed by atoms with van der Waals surface area (Å²) < 4.78 is 0. The summed E-state index contributed by atoms with van der Waals surface area (Å²) in [7, 11) is 0. The maximum atomic E-state index is 12.2. The Morgan fingerprint density at radius 3 is 2.79 bits per heavy atom. The minimum Gasteiger partial charge on any atom is -0.481 e. The molecule has 3 rings (SSSR count). The molecule has 1 heterocycles. The largest absolute Gasteiger partial charge is 0.481 e. The average molecular weight is 346 g/mol. The molecule has 1 saturated carbocycles. The van der Waals surface area contributed by atoms with Gasteiger partial charge in [0.2, 0.25) is 0 Å². The molecule has 128 valence electrons. The van der Waals surface area contributed by atoms with Crippen LogP contribution in [0.4, 0.5) is 0 Å². The van der Waals surface area contributed by atoms with Crippen LogP contribution in [0.25, 0.3) is 10.9 Å². The van der Waals surface area contributed by atoms with Crippen molar-refractivity contribution in [1.82, 2.24) is 9.97 Å². The number of thioether (sulfide) groups is 1. The number of aromatic nitrogens is 2. The summed E-state index contributed by atoms with van der Waals surface area (Å²) in [4.78, 5) is 30.5. The normalized spacial score (nSPS) is 21.0. The third-order valence-electron chi connectivity index (χ3n) is 4.70. The highest BCUT2D eigenvalue weighted by Crippen LogP contribution is 2.34. The third kappa shape index (κ3) is 3.98. The fraction of sp³-hybridized carbons (Fsp3) is 0.500. The Kier molecular flexibility index (Phi) is 5.23. The Bertz CT molecular complexity index is 794. The first-order valence-electron chi connectivity index (χ1n) is 8.35. The molecule has 2 aromatic rings. The van der Waals surface area contributed by atoms with Gasteiger partial charge in [-0.25, -0.2) is 4.98 Å². The minimum absolute atomic E-state index is 0.0792. The van der Waals surface area contributed by atoms with E-state index in [1.165, 1.54) is 0 Å². The number of nitrogens with zero attached hydrogens (tertiary/aromatic N) is 1. The highest BCUT2D eigenvalue weighted by atomic mass is 32.2. The molecule has 0 radical (unpaired) electrons. The topological polar surface area (TPSA) is 83.0 Å². The van der Waals surface area contributed by atoms with Crippen LogP contribution in [0.5, 0.6) is 0 Å². The number of fused-ring (bicyclic) bond motifs is 1. The second-order valence-corrected chi connectivity index (χ2v) is 7.82. The van der Waals surface area contributed by atoms with E-state index in [2.05, 4.69) is 9.97 Å². The van der Waals surface area contributed by atoms with Gasteiger partial charge in [-0.3, -0.25) is 9.59 Å². The van der Waals surface area contributed by atoms with Gasteiger partial charge >= 0.3 is 5.97 Å². The monoisotopic (exact) mass is 346 g/mol. The van der Waals surface area contributed by atoms with Gasteiger partial charge in [0.1, 0.15) is 5.82 Å². The van der Waals surface area contributed by atoms with Crippen LogP contribution >= 0.6 is 11.8 Å². The average Bonchev–Trinajstić information content (AvgIpc) is 2.55. The van der Waals surface area contributed by atoms with E-state index in [4.69, 9.17) is 5.11 Å². The summed E-state index contributed by atoms with van der Waals surface area (Å²) in [5.74, 6) is 1.04. The molecule has 0 atom stereocenters. The molecule has 0 spiro atoms. The van der Waals surface area contributed by atoms with E-state index in [1.807, 2.05) is 30.8 Å². The standard InChI is InChI=1S/C18H22N2O3S/c1-11-3-2-4-14-17(11)19-15(20-18(14)23)10-24-13-7-5-12(6-8-13)9-16(21)22/h2-4,12-13H,5-10H2,1H3,(H,21,22)(H,19,20,23). The van der Waals surface area contributed by atoms with Gasteiger partial charge in [-0.2, -0.15) is 11.8 Å². The van der Waals surface area contributed by atoms with Gasteiger partial charge in [0.15, 0.2) is 0 Å². The first-order valence-corrected chi connectivity index (χ1v) is 9.39. The van der Waals surface area contributed by atoms with Gasteiger partial charge in [0.05, 0.1) is 16.7 Å². The number of para-hydroxylation sites is 1. The van der Waals surface area contributed by atoms with Gasteiger partial charge in [-0.15, -0.1) is 0 Å². The van der Waals surface area contributed by atoms with Crippen molar-refractivity contribution in [3.8, 4) is 0 Å². The Hall–Kier alpha value is -1.82. The van der Waals surface area contributed by atoms with Crippen molar-refractivity contribution >= 4 is 28.6 Å². The molecule has 0 bridgehead atoms. The number of hydrogen-bond donors (Lipinski definition) is 2. The molecule has 0 unspecified atom stereocenters. The molecule has 0 amide bonds. The van der Waals surface area contributed by atoms with E-state index in [9.17, 15) is 9.59 Å². The number of hydrogen-bond acceptors (Lipinski definition) is 4. The van der Waals surface area contributed by atoms with E-state index in [-0.39, 0.29) is 12.0 Å². The molecule has 1 aromatic carbocycles. The van der Waals surface area contributed by atoms with Crippen molar-refractivity contribution in [3.63, 3.8) is 0 Å². The first-order chi connectivity index (χ1) is 11.5. The van der Waals surface area contributed by atoms with Crippen molar-refractivity contribution in [1.29, 1.82) is 0 Å². The molecule has 0 aliphatic heterocycles. The number of carboxylic acids is 1. The predicted molar refractivity (Wildman–Crippen MR) is 96.4 cm³/mol. The Morgan fingerprint density at radius 1 is 1.33 bits per heavy atom. The van der Waals surface area contributed by atoms with Gasteiger partial charge in [-0.05, 0) is 50.2 Å². The third-order valence-corrected chi connectivity index (χ3v) is 6.08. The van der Waals surface area contributed by atoms with E-state index >= 15 is 0 Å². The highest BCUT2D eigenvalue weighted by molar-refractivity contribution is 7.99. The maximum Gasteiger partial charge on any atom is 0.303 e. The number of carboxylic acid groups (broad SMARTS) is 1. The Labute approximate surface area is 144 Å². The zero-order chi connectivity index (χ0) is 17.1. The van der Waals surface area contributed by atoms with E-state index in [0.29, 0.717) is 22.3 Å². The lowest BCUT2D eigenvalue weighted by Gasteiger charge is -2.27. The molecule has 2 N–H and O–H groups in total. The van der Waals surface area contributed by atoms with E-state index < -0.39 is 5.97 Å². The number of nitrogens with one attached hydrogen (secondary N) is 1. The lowest BCUT2D eigenvalue weighted by atomic mass is 9.87. The van der Waals surface area contributed by atoms with Crippen LogP contribution in [-0.4, -0.2) is 26.3 Å². The number of benzene rings is 1. The molecular weight excluding hydrogens is 324 g/mol. The van der Waals surface area contributed by atoms with E-state index in [0.717, 1.165) is 42.6 Å². The molecule has 6 heteroatoms. The van der Waals surface area contributed by atoms with Gasteiger partial charge in [-0.1, -0.05) is 12.1 Å². The SMILES string of the molecule is Cc1cccc2c(=O)[nH]c(CSC3CCC(CC(=O)O)CC3)nc12. The summed E-state index contributed by atoms with van der Waals surface area (Å²) in [6.45, 7) is 1.97. The van der Waals surface area contributed by atoms with Gasteiger partial charge in [0, 0.05) is 11.7 Å². The second kappa shape index (κ2) is 7.38. The van der Waals surface area contributed by atoms with Crippen LogP contribution in [-0.2, 0) is 10.5 Å². The Morgan fingerprint density at radius 2 is 2.08 bits per heavy atom. The molecule has 1 aliphatic carbocycles. The van der Waals surface area contributed by atoms with Crippen molar-refractivity contribution < 1.29 is 9.90 Å². The Balaban J connectivity index is 1.62. The van der Waals surface area contributed by atoms with Crippen LogP contribution in [0.1, 0.15) is 43.5 Å². The molecule has 1 aromatic heterocycles. The fourth-order valence-electron chi connectivity index (χ4n) is 3.37. The van der Waals surface area contributed by atoms with Crippen LogP contribution in [0.3, 0.4) is 0 Å². The molecule has 1 fully saturated rings. The molecular formula is C18H22N2O3S. The van der Waals surface area contributed by atoms with Crippen molar-refractivity contribution in [3.05, 3.63) is 39.9 Å². The van der Waals surface area contributed by atoms with Gasteiger partial charge in [0.25, 0.3) is 5.56 Å². The van der Waals surface area contributed by atoms with Gasteiger partial charge < -0.3 is 10.1 Å².